The summed E-state index contributed by atoms with van der Waals surface area (Å²) in [4.78, 5) is 39.7. The van der Waals surface area contributed by atoms with Gasteiger partial charge >= 0.3 is 0 Å². The second kappa shape index (κ2) is 8.05. The van der Waals surface area contributed by atoms with Crippen LogP contribution in [0.3, 0.4) is 0 Å². The number of carbonyl (C=O) groups excluding carboxylic acids is 2. The molecule has 4 aromatic rings. The van der Waals surface area contributed by atoms with Crippen LogP contribution in [0.1, 0.15) is 38.2 Å². The summed E-state index contributed by atoms with van der Waals surface area (Å²) < 4.78 is 1.24. The van der Waals surface area contributed by atoms with Crippen molar-refractivity contribution in [2.75, 3.05) is 0 Å². The van der Waals surface area contributed by atoms with E-state index in [4.69, 9.17) is 0 Å². The van der Waals surface area contributed by atoms with Gasteiger partial charge in [0.05, 0.1) is 10.3 Å². The van der Waals surface area contributed by atoms with Gasteiger partial charge < -0.3 is 0 Å². The lowest BCUT2D eigenvalue weighted by Crippen LogP contribution is -2.42. The van der Waals surface area contributed by atoms with E-state index in [1.54, 1.807) is 31.2 Å². The van der Waals surface area contributed by atoms with Crippen molar-refractivity contribution in [3.05, 3.63) is 86.6 Å². The van der Waals surface area contributed by atoms with Gasteiger partial charge in [-0.2, -0.15) is 5.10 Å². The molecule has 0 aliphatic heterocycles. The maximum Gasteiger partial charge on any atom is 0.290 e. The number of rotatable bonds is 3. The number of aryl methyl sites for hydroxylation is 3. The van der Waals surface area contributed by atoms with E-state index in [0.29, 0.717) is 22.2 Å². The van der Waals surface area contributed by atoms with Gasteiger partial charge in [0.2, 0.25) is 0 Å². The summed E-state index contributed by atoms with van der Waals surface area (Å²) in [5.41, 5.74) is 8.37. The Morgan fingerprint density at radius 3 is 2.47 bits per heavy atom. The van der Waals surface area contributed by atoms with Crippen molar-refractivity contribution in [2.45, 2.75) is 26.3 Å². The summed E-state index contributed by atoms with van der Waals surface area (Å²) in [7, 11) is 0. The zero-order valence-corrected chi connectivity index (χ0v) is 18.2. The number of aromatic nitrogens is 2. The average Bonchev–Trinajstić information content (AvgIpc) is 3.28. The third kappa shape index (κ3) is 3.38. The highest BCUT2D eigenvalue weighted by Gasteiger charge is 2.22. The second-order valence-electron chi connectivity index (χ2n) is 7.55. The Balaban J connectivity index is 1.38. The quantitative estimate of drug-likeness (QED) is 0.474. The lowest BCUT2D eigenvalue weighted by Gasteiger charge is -2.15. The van der Waals surface area contributed by atoms with Crippen LogP contribution >= 0.6 is 11.3 Å². The van der Waals surface area contributed by atoms with Crippen LogP contribution in [0, 0.1) is 0 Å². The van der Waals surface area contributed by atoms with Gasteiger partial charge in [-0.05, 0) is 48.6 Å². The molecule has 0 spiro atoms. The fourth-order valence-corrected chi connectivity index (χ4v) is 5.20. The van der Waals surface area contributed by atoms with Crippen LogP contribution in [0.4, 0.5) is 0 Å². The summed E-state index contributed by atoms with van der Waals surface area (Å²) in [5, 5.41) is 5.04. The first-order chi connectivity index (χ1) is 15.6. The Morgan fingerprint density at radius 2 is 1.66 bits per heavy atom. The lowest BCUT2D eigenvalue weighted by atomic mass is 9.91. The zero-order chi connectivity index (χ0) is 22.2. The van der Waals surface area contributed by atoms with E-state index < -0.39 is 5.91 Å². The van der Waals surface area contributed by atoms with E-state index in [1.165, 1.54) is 27.1 Å². The molecule has 2 aromatic carbocycles. The van der Waals surface area contributed by atoms with Gasteiger partial charge in [-0.15, -0.1) is 11.3 Å². The van der Waals surface area contributed by atoms with Crippen LogP contribution in [0.2, 0.25) is 0 Å². The van der Waals surface area contributed by atoms with Crippen LogP contribution < -0.4 is 16.4 Å². The molecule has 0 bridgehead atoms. The molecule has 0 unspecified atom stereocenters. The number of hydrazine groups is 1. The third-order valence-electron chi connectivity index (χ3n) is 5.63. The van der Waals surface area contributed by atoms with Gasteiger partial charge in [0.1, 0.15) is 0 Å². The third-order valence-corrected chi connectivity index (χ3v) is 6.84. The van der Waals surface area contributed by atoms with Crippen LogP contribution in [-0.4, -0.2) is 21.6 Å². The number of thiophene rings is 1. The first-order valence-electron chi connectivity index (χ1n) is 10.4. The molecule has 1 aliphatic rings. The molecule has 1 aliphatic carbocycles. The van der Waals surface area contributed by atoms with Crippen molar-refractivity contribution in [1.29, 1.82) is 0 Å². The van der Waals surface area contributed by atoms with E-state index >= 15 is 0 Å². The Labute approximate surface area is 187 Å². The molecule has 8 heteroatoms. The Morgan fingerprint density at radius 1 is 0.969 bits per heavy atom. The highest BCUT2D eigenvalue weighted by atomic mass is 32.1. The van der Waals surface area contributed by atoms with Gasteiger partial charge in [0.25, 0.3) is 17.4 Å². The van der Waals surface area contributed by atoms with Crippen molar-refractivity contribution in [2.24, 2.45) is 0 Å². The van der Waals surface area contributed by atoms with Crippen LogP contribution in [0.25, 0.3) is 21.2 Å². The number of carbonyl (C=O) groups is 2. The van der Waals surface area contributed by atoms with Gasteiger partial charge in [0.15, 0.2) is 5.69 Å². The summed E-state index contributed by atoms with van der Waals surface area (Å²) in [5.74, 6) is -0.966. The normalized spacial score (nSPS) is 12.2. The van der Waals surface area contributed by atoms with Crippen molar-refractivity contribution in [3.63, 3.8) is 0 Å². The standard InChI is InChI=1S/C24H20N4O3S/c1-2-28-24(31)18-10-6-5-9-17(18)20(27-28)23(30)26-25-22(29)19-13-15-12-11-14-7-3-4-8-16(14)21(15)32-19/h3-10,13H,2,11-12H2,1H3,(H,25,29)(H,26,30). The fourth-order valence-electron chi connectivity index (χ4n) is 4.03. The van der Waals surface area contributed by atoms with Crippen molar-refractivity contribution >= 4 is 33.9 Å². The highest BCUT2D eigenvalue weighted by Crippen LogP contribution is 2.39. The molecule has 0 atom stereocenters. The van der Waals surface area contributed by atoms with E-state index in [1.807, 2.05) is 18.2 Å². The maximum absolute atomic E-state index is 12.8. The minimum absolute atomic E-state index is 0.0850. The molecular formula is C24H20N4O3S. The second-order valence-corrected chi connectivity index (χ2v) is 8.60. The molecule has 0 fully saturated rings. The van der Waals surface area contributed by atoms with Crippen LogP contribution in [0.15, 0.2) is 59.4 Å². The van der Waals surface area contributed by atoms with Gasteiger partial charge in [0, 0.05) is 16.8 Å². The topological polar surface area (TPSA) is 93.1 Å². The highest BCUT2D eigenvalue weighted by molar-refractivity contribution is 7.17. The van der Waals surface area contributed by atoms with Crippen LogP contribution in [0.5, 0.6) is 0 Å². The van der Waals surface area contributed by atoms with Crippen molar-refractivity contribution in [3.8, 4) is 10.4 Å². The Hall–Kier alpha value is -3.78. The van der Waals surface area contributed by atoms with Gasteiger partial charge in [-0.25, -0.2) is 4.68 Å². The molecule has 0 saturated carbocycles. The van der Waals surface area contributed by atoms with E-state index in [2.05, 4.69) is 28.1 Å². The van der Waals surface area contributed by atoms with Crippen molar-refractivity contribution < 1.29 is 9.59 Å². The molecular weight excluding hydrogens is 424 g/mol. The first-order valence-corrected chi connectivity index (χ1v) is 11.2. The molecule has 2 N–H and O–H groups in total. The molecule has 160 valence electrons. The predicted molar refractivity (Wildman–Crippen MR) is 124 cm³/mol. The van der Waals surface area contributed by atoms with Crippen molar-refractivity contribution in [1.82, 2.24) is 20.6 Å². The number of fused-ring (bicyclic) bond motifs is 4. The summed E-state index contributed by atoms with van der Waals surface area (Å²) >= 11 is 1.42. The SMILES string of the molecule is CCn1nc(C(=O)NNC(=O)c2cc3c(s2)-c2ccccc2CC3)c2ccccc2c1=O. The Kier molecular flexibility index (Phi) is 5.07. The average molecular weight is 445 g/mol. The largest absolute Gasteiger partial charge is 0.290 e. The minimum atomic E-state index is -0.580. The van der Waals surface area contributed by atoms with E-state index in [-0.39, 0.29) is 17.2 Å². The molecule has 0 radical (unpaired) electrons. The fraction of sp³-hybridized carbons (Fsp3) is 0.167. The number of amides is 2. The first kappa shape index (κ1) is 20.1. The molecule has 32 heavy (non-hydrogen) atoms. The summed E-state index contributed by atoms with van der Waals surface area (Å²) in [6.07, 6.45) is 1.83. The summed E-state index contributed by atoms with van der Waals surface area (Å²) in [6, 6.07) is 16.9. The summed E-state index contributed by atoms with van der Waals surface area (Å²) in [6.45, 7) is 2.11. The maximum atomic E-state index is 12.8. The molecule has 0 saturated heterocycles. The number of benzene rings is 2. The van der Waals surface area contributed by atoms with Gasteiger partial charge in [-0.3, -0.25) is 25.2 Å². The monoisotopic (exact) mass is 444 g/mol. The van der Waals surface area contributed by atoms with E-state index in [9.17, 15) is 14.4 Å². The molecule has 2 heterocycles. The number of hydrogen-bond acceptors (Lipinski definition) is 5. The van der Waals surface area contributed by atoms with Gasteiger partial charge in [-0.1, -0.05) is 42.5 Å². The molecule has 5 rings (SSSR count). The number of nitrogens with one attached hydrogen (secondary N) is 2. The number of nitrogens with zero attached hydrogens (tertiary/aromatic N) is 2. The smallest absolute Gasteiger partial charge is 0.267 e. The number of hydrogen-bond donors (Lipinski definition) is 2. The Bertz CT molecular complexity index is 1440. The molecule has 7 nitrogen and oxygen atoms in total. The minimum Gasteiger partial charge on any atom is -0.267 e. The predicted octanol–water partition coefficient (Wildman–Crippen LogP) is 3.32. The van der Waals surface area contributed by atoms with Crippen LogP contribution in [-0.2, 0) is 19.4 Å². The molecule has 2 amide bonds. The zero-order valence-electron chi connectivity index (χ0n) is 17.3. The molecule has 2 aromatic heterocycles. The van der Waals surface area contributed by atoms with E-state index in [0.717, 1.165) is 23.3 Å². The lowest BCUT2D eigenvalue weighted by molar-refractivity contribution is 0.0846.